The number of hydrogen-bond donors (Lipinski definition) is 0. The summed E-state index contributed by atoms with van der Waals surface area (Å²) in [5, 5.41) is 0.113. The molecule has 0 N–H and O–H groups in total. The van der Waals surface area contributed by atoms with E-state index in [0.29, 0.717) is 12.4 Å². The van der Waals surface area contributed by atoms with Gasteiger partial charge in [-0.05, 0) is 42.4 Å². The van der Waals surface area contributed by atoms with E-state index >= 15 is 0 Å². The molecule has 0 spiro atoms. The summed E-state index contributed by atoms with van der Waals surface area (Å²) in [6.07, 6.45) is -0.261. The molecule has 0 saturated carbocycles. The van der Waals surface area contributed by atoms with Gasteiger partial charge in [-0.15, -0.1) is 5.54 Å². The molecule has 0 bridgehead atoms. The predicted molar refractivity (Wildman–Crippen MR) is 105 cm³/mol. The first-order valence-corrected chi connectivity index (χ1v) is 14.8. The van der Waals surface area contributed by atoms with E-state index in [2.05, 4.69) is 65.0 Å². The van der Waals surface area contributed by atoms with Gasteiger partial charge in [0, 0.05) is 0 Å². The summed E-state index contributed by atoms with van der Waals surface area (Å²) >= 11 is 0. The Kier molecular flexibility index (Phi) is 6.86. The van der Waals surface area contributed by atoms with E-state index < -0.39 is 16.4 Å². The molecule has 0 fully saturated rings. The van der Waals surface area contributed by atoms with Gasteiger partial charge in [0.2, 0.25) is 0 Å². The van der Waals surface area contributed by atoms with Crippen LogP contribution in [-0.2, 0) is 4.43 Å². The minimum absolute atomic E-state index is 0.113. The van der Waals surface area contributed by atoms with Crippen molar-refractivity contribution in [2.24, 2.45) is 0 Å². The van der Waals surface area contributed by atoms with E-state index in [0.717, 1.165) is 0 Å². The molecule has 0 unspecified atom stereocenters. The van der Waals surface area contributed by atoms with E-state index in [1.54, 1.807) is 12.1 Å². The third kappa shape index (κ3) is 7.20. The van der Waals surface area contributed by atoms with Crippen molar-refractivity contribution in [3.8, 4) is 17.2 Å². The van der Waals surface area contributed by atoms with Crippen LogP contribution in [-0.4, -0.2) is 29.1 Å². The first-order chi connectivity index (χ1) is 10.8. The Bertz CT molecular complexity index is 587. The maximum absolute atomic E-state index is 13.0. The summed E-state index contributed by atoms with van der Waals surface area (Å²) in [6.45, 7) is 18.1. The van der Waals surface area contributed by atoms with Crippen molar-refractivity contribution in [1.82, 2.24) is 0 Å². The molecule has 0 aliphatic rings. The molecular formula is C19H31FO2Si2. The molecule has 24 heavy (non-hydrogen) atoms. The van der Waals surface area contributed by atoms with E-state index in [4.69, 9.17) is 9.16 Å². The third-order valence-corrected chi connectivity index (χ3v) is 9.45. The summed E-state index contributed by atoms with van der Waals surface area (Å²) < 4.78 is 25.2. The summed E-state index contributed by atoms with van der Waals surface area (Å²) in [4.78, 5) is 0. The second kappa shape index (κ2) is 7.86. The zero-order chi connectivity index (χ0) is 18.6. The molecule has 5 heteroatoms. The molecule has 2 nitrogen and oxygen atoms in total. The molecule has 1 aromatic carbocycles. The molecule has 0 aromatic heterocycles. The molecule has 0 saturated heterocycles. The maximum atomic E-state index is 13.0. The van der Waals surface area contributed by atoms with Gasteiger partial charge < -0.3 is 9.16 Å². The number of halogens is 1. The zero-order valence-electron chi connectivity index (χ0n) is 16.3. The molecule has 1 atom stereocenters. The SMILES string of the molecule is CC(C)(C)[Si](C)(C)O[C@@H](C#C[Si](C)(C)C)COc1ccc(F)cc1. The fraction of sp³-hybridized carbons (Fsp3) is 0.579. The molecule has 0 aliphatic carbocycles. The van der Waals surface area contributed by atoms with Gasteiger partial charge in [0.15, 0.2) is 8.32 Å². The molecular weight excluding hydrogens is 335 g/mol. The van der Waals surface area contributed by atoms with Crippen LogP contribution < -0.4 is 4.74 Å². The van der Waals surface area contributed by atoms with Gasteiger partial charge in [0.25, 0.3) is 0 Å². The van der Waals surface area contributed by atoms with Gasteiger partial charge in [0.1, 0.15) is 32.4 Å². The molecule has 0 aliphatic heterocycles. The van der Waals surface area contributed by atoms with Crippen LogP contribution in [0.3, 0.4) is 0 Å². The summed E-state index contributed by atoms with van der Waals surface area (Å²) in [5.74, 6) is 3.66. The number of ether oxygens (including phenoxy) is 1. The Balaban J connectivity index is 2.88. The lowest BCUT2D eigenvalue weighted by atomic mass is 10.2. The van der Waals surface area contributed by atoms with Crippen molar-refractivity contribution >= 4 is 16.4 Å². The molecule has 134 valence electrons. The van der Waals surface area contributed by atoms with Gasteiger partial charge in [0.05, 0.1) is 0 Å². The van der Waals surface area contributed by atoms with Crippen LogP contribution in [0.5, 0.6) is 5.75 Å². The summed E-state index contributed by atoms with van der Waals surface area (Å²) in [6, 6.07) is 6.05. The van der Waals surface area contributed by atoms with E-state index in [9.17, 15) is 4.39 Å². The Morgan fingerprint density at radius 3 is 2.04 bits per heavy atom. The number of benzene rings is 1. The van der Waals surface area contributed by atoms with Gasteiger partial charge in [-0.25, -0.2) is 4.39 Å². The largest absolute Gasteiger partial charge is 0.490 e. The average Bonchev–Trinajstić information content (AvgIpc) is 2.41. The topological polar surface area (TPSA) is 18.5 Å². The Labute approximate surface area is 148 Å². The van der Waals surface area contributed by atoms with E-state index in [-0.39, 0.29) is 17.0 Å². The van der Waals surface area contributed by atoms with Crippen LogP contribution in [0, 0.1) is 17.3 Å². The fourth-order valence-electron chi connectivity index (χ4n) is 1.64. The van der Waals surface area contributed by atoms with Crippen LogP contribution in [0.25, 0.3) is 0 Å². The quantitative estimate of drug-likeness (QED) is 0.508. The highest BCUT2D eigenvalue weighted by Gasteiger charge is 2.39. The van der Waals surface area contributed by atoms with Gasteiger partial charge >= 0.3 is 0 Å². The minimum Gasteiger partial charge on any atom is -0.490 e. The molecule has 1 aromatic rings. The zero-order valence-corrected chi connectivity index (χ0v) is 18.3. The van der Waals surface area contributed by atoms with Crippen molar-refractivity contribution in [1.29, 1.82) is 0 Å². The van der Waals surface area contributed by atoms with Crippen molar-refractivity contribution < 1.29 is 13.6 Å². The van der Waals surface area contributed by atoms with Crippen molar-refractivity contribution in [2.75, 3.05) is 6.61 Å². The Morgan fingerprint density at radius 2 is 1.58 bits per heavy atom. The second-order valence-electron chi connectivity index (χ2n) is 8.65. The maximum Gasteiger partial charge on any atom is 0.193 e. The van der Waals surface area contributed by atoms with Crippen molar-refractivity contribution in [2.45, 2.75) is 64.6 Å². The highest BCUT2D eigenvalue weighted by atomic mass is 28.4. The highest BCUT2D eigenvalue weighted by Crippen LogP contribution is 2.37. The van der Waals surface area contributed by atoms with Crippen LogP contribution in [0.1, 0.15) is 20.8 Å². The van der Waals surface area contributed by atoms with Crippen molar-refractivity contribution in [3.05, 3.63) is 30.1 Å². The van der Waals surface area contributed by atoms with Crippen LogP contribution >= 0.6 is 0 Å². The molecule has 0 heterocycles. The van der Waals surface area contributed by atoms with Crippen LogP contribution in [0.15, 0.2) is 24.3 Å². The first-order valence-electron chi connectivity index (χ1n) is 8.39. The summed E-state index contributed by atoms with van der Waals surface area (Å²) in [7, 11) is -3.43. The van der Waals surface area contributed by atoms with Crippen LogP contribution in [0.4, 0.5) is 4.39 Å². The lowest BCUT2D eigenvalue weighted by molar-refractivity contribution is 0.156. The smallest absolute Gasteiger partial charge is 0.193 e. The normalized spacial score (nSPS) is 13.9. The minimum atomic E-state index is -1.94. The summed E-state index contributed by atoms with van der Waals surface area (Å²) in [5.41, 5.74) is 3.39. The lowest BCUT2D eigenvalue weighted by Gasteiger charge is -2.38. The van der Waals surface area contributed by atoms with Crippen molar-refractivity contribution in [3.63, 3.8) is 0 Å². The monoisotopic (exact) mass is 366 g/mol. The lowest BCUT2D eigenvalue weighted by Crippen LogP contribution is -2.45. The average molecular weight is 367 g/mol. The van der Waals surface area contributed by atoms with Gasteiger partial charge in [-0.1, -0.05) is 46.3 Å². The van der Waals surface area contributed by atoms with Gasteiger partial charge in [-0.2, -0.15) is 0 Å². The van der Waals surface area contributed by atoms with E-state index in [1.165, 1.54) is 12.1 Å². The Hall–Kier alpha value is -1.10. The van der Waals surface area contributed by atoms with E-state index in [1.807, 2.05) is 0 Å². The van der Waals surface area contributed by atoms with Gasteiger partial charge in [-0.3, -0.25) is 0 Å². The predicted octanol–water partition coefficient (Wildman–Crippen LogP) is 5.48. The van der Waals surface area contributed by atoms with Crippen LogP contribution in [0.2, 0.25) is 37.8 Å². The first kappa shape index (κ1) is 20.9. The second-order valence-corrected chi connectivity index (χ2v) is 18.2. The third-order valence-electron chi connectivity index (χ3n) is 4.07. The molecule has 1 rings (SSSR count). The standard InChI is InChI=1S/C19H31FO2Si2/c1-19(2,3)24(7,8)22-18(13-14-23(4,5)6)15-21-17-11-9-16(20)10-12-17/h9-12,18H,15H2,1-8H3/t18-/m0/s1. The molecule has 0 amide bonds. The number of rotatable bonds is 5. The fourth-order valence-corrected chi connectivity index (χ4v) is 3.42. The highest BCUT2D eigenvalue weighted by molar-refractivity contribution is 6.83. The number of hydrogen-bond acceptors (Lipinski definition) is 2. The molecule has 0 radical (unpaired) electrons. The Morgan fingerprint density at radius 1 is 1.04 bits per heavy atom.